The molecule has 1 atom stereocenters. The number of ether oxygens (including phenoxy) is 1. The van der Waals surface area contributed by atoms with Gasteiger partial charge in [0.2, 0.25) is 0 Å². The van der Waals surface area contributed by atoms with Gasteiger partial charge in [-0.25, -0.2) is 4.98 Å². The number of hydrogen-bond acceptors (Lipinski definition) is 4. The molecule has 3 rings (SSSR count). The van der Waals surface area contributed by atoms with Crippen LogP contribution in [0.4, 0.5) is 0 Å². The van der Waals surface area contributed by atoms with E-state index in [9.17, 15) is 0 Å². The van der Waals surface area contributed by atoms with E-state index in [0.717, 1.165) is 44.6 Å². The number of morpholine rings is 1. The van der Waals surface area contributed by atoms with Crippen molar-refractivity contribution in [2.24, 2.45) is 5.92 Å². The Bertz CT molecular complexity index is 381. The van der Waals surface area contributed by atoms with E-state index in [4.69, 9.17) is 4.74 Å². The van der Waals surface area contributed by atoms with Gasteiger partial charge in [-0.1, -0.05) is 0 Å². The maximum Gasteiger partial charge on any atom is 0.120 e. The third-order valence-corrected chi connectivity index (χ3v) is 4.86. The third-order valence-electron chi connectivity index (χ3n) is 4.86. The van der Waals surface area contributed by atoms with Crippen LogP contribution in [0.25, 0.3) is 0 Å². The molecule has 2 fully saturated rings. The first kappa shape index (κ1) is 14.0. The molecule has 1 aromatic heterocycles. The molecule has 2 aliphatic heterocycles. The van der Waals surface area contributed by atoms with Crippen LogP contribution in [-0.4, -0.2) is 65.2 Å². The van der Waals surface area contributed by atoms with Crippen LogP contribution >= 0.6 is 0 Å². The third kappa shape index (κ3) is 3.40. The number of rotatable bonds is 4. The van der Waals surface area contributed by atoms with Crippen molar-refractivity contribution in [1.82, 2.24) is 19.8 Å². The van der Waals surface area contributed by atoms with Crippen LogP contribution in [-0.2, 0) is 11.3 Å². The molecule has 0 unspecified atom stereocenters. The molecular formula is C15H26N4O. The summed E-state index contributed by atoms with van der Waals surface area (Å²) in [6, 6.07) is 0.699. The zero-order chi connectivity index (χ0) is 13.8. The number of imidazole rings is 1. The lowest BCUT2D eigenvalue weighted by molar-refractivity contribution is -0.00203. The quantitative estimate of drug-likeness (QED) is 0.903. The Labute approximate surface area is 121 Å². The number of nitrogens with one attached hydrogen (secondary N) is 1. The second-order valence-corrected chi connectivity index (χ2v) is 6.04. The van der Waals surface area contributed by atoms with Gasteiger partial charge in [0.15, 0.2) is 0 Å². The molecule has 0 amide bonds. The average Bonchev–Trinajstić information content (AvgIpc) is 3.01. The lowest BCUT2D eigenvalue weighted by atomic mass is 9.89. The molecule has 0 bridgehead atoms. The Morgan fingerprint density at radius 3 is 2.70 bits per heavy atom. The Morgan fingerprint density at radius 2 is 2.05 bits per heavy atom. The van der Waals surface area contributed by atoms with E-state index in [2.05, 4.69) is 26.7 Å². The van der Waals surface area contributed by atoms with Crippen molar-refractivity contribution in [3.05, 3.63) is 18.2 Å². The molecule has 2 saturated heterocycles. The van der Waals surface area contributed by atoms with Crippen molar-refractivity contribution in [2.45, 2.75) is 32.4 Å². The largest absolute Gasteiger partial charge is 0.379 e. The Kier molecular flexibility index (Phi) is 4.70. The molecule has 0 saturated carbocycles. The molecule has 0 radical (unpaired) electrons. The van der Waals surface area contributed by atoms with Crippen LogP contribution in [0, 0.1) is 5.92 Å². The number of H-pyrrole nitrogens is 1. The van der Waals surface area contributed by atoms with Crippen LogP contribution in [0.1, 0.15) is 25.6 Å². The van der Waals surface area contributed by atoms with E-state index in [1.807, 2.05) is 12.4 Å². The van der Waals surface area contributed by atoms with Gasteiger partial charge in [0.25, 0.3) is 0 Å². The number of aromatic amines is 1. The highest BCUT2D eigenvalue weighted by Crippen LogP contribution is 2.25. The average molecular weight is 278 g/mol. The highest BCUT2D eigenvalue weighted by Gasteiger charge is 2.28. The number of likely N-dealkylation sites (tertiary alicyclic amines) is 1. The summed E-state index contributed by atoms with van der Waals surface area (Å²) in [5, 5.41) is 0. The fourth-order valence-corrected chi connectivity index (χ4v) is 3.47. The summed E-state index contributed by atoms with van der Waals surface area (Å²) >= 11 is 0. The maximum atomic E-state index is 5.45. The standard InChI is InChI=1S/C15H26N4O/c1-13(19-8-10-20-11-9-19)14-2-6-18(7-3-14)12-15-16-4-5-17-15/h4-5,13-14H,2-3,6-12H2,1H3,(H,16,17)/t13-/m1/s1. The lowest BCUT2D eigenvalue weighted by Crippen LogP contribution is -2.48. The first-order chi connectivity index (χ1) is 9.83. The van der Waals surface area contributed by atoms with Gasteiger partial charge in [-0.05, 0) is 38.8 Å². The maximum absolute atomic E-state index is 5.45. The molecule has 5 nitrogen and oxygen atoms in total. The Hall–Kier alpha value is -0.910. The second kappa shape index (κ2) is 6.70. The predicted molar refractivity (Wildman–Crippen MR) is 78.4 cm³/mol. The highest BCUT2D eigenvalue weighted by molar-refractivity contribution is 4.89. The lowest BCUT2D eigenvalue weighted by Gasteiger charge is -2.40. The number of nitrogens with zero attached hydrogens (tertiary/aromatic N) is 3. The number of piperidine rings is 1. The van der Waals surface area contributed by atoms with Crippen molar-refractivity contribution in [2.75, 3.05) is 39.4 Å². The summed E-state index contributed by atoms with van der Waals surface area (Å²) in [5.74, 6) is 1.92. The molecular weight excluding hydrogens is 252 g/mol. The van der Waals surface area contributed by atoms with Crippen LogP contribution in [0.5, 0.6) is 0 Å². The first-order valence-electron chi connectivity index (χ1n) is 7.85. The van der Waals surface area contributed by atoms with E-state index in [0.29, 0.717) is 6.04 Å². The molecule has 3 heterocycles. The van der Waals surface area contributed by atoms with Gasteiger partial charge in [0.05, 0.1) is 19.8 Å². The fourth-order valence-electron chi connectivity index (χ4n) is 3.47. The van der Waals surface area contributed by atoms with Crippen LogP contribution < -0.4 is 0 Å². The molecule has 0 aliphatic carbocycles. The van der Waals surface area contributed by atoms with E-state index < -0.39 is 0 Å². The van der Waals surface area contributed by atoms with Crippen molar-refractivity contribution < 1.29 is 4.74 Å². The fraction of sp³-hybridized carbons (Fsp3) is 0.800. The van der Waals surface area contributed by atoms with E-state index in [1.54, 1.807) is 0 Å². The molecule has 0 spiro atoms. The van der Waals surface area contributed by atoms with Gasteiger partial charge in [-0.2, -0.15) is 0 Å². The Balaban J connectivity index is 1.45. The molecule has 1 aromatic rings. The van der Waals surface area contributed by atoms with Gasteiger partial charge in [0.1, 0.15) is 5.82 Å². The molecule has 5 heteroatoms. The normalized spacial score (nSPS) is 24.9. The van der Waals surface area contributed by atoms with E-state index in [-0.39, 0.29) is 0 Å². The SMILES string of the molecule is C[C@H](C1CCN(Cc2ncc[nH]2)CC1)N1CCOCC1. The zero-order valence-electron chi connectivity index (χ0n) is 12.4. The molecule has 20 heavy (non-hydrogen) atoms. The molecule has 2 aliphatic rings. The Morgan fingerprint density at radius 1 is 1.30 bits per heavy atom. The van der Waals surface area contributed by atoms with Gasteiger partial charge in [0, 0.05) is 31.5 Å². The van der Waals surface area contributed by atoms with Gasteiger partial charge in [-0.3, -0.25) is 9.80 Å². The van der Waals surface area contributed by atoms with Gasteiger partial charge in [-0.15, -0.1) is 0 Å². The van der Waals surface area contributed by atoms with E-state index in [1.165, 1.54) is 25.9 Å². The minimum Gasteiger partial charge on any atom is -0.379 e. The predicted octanol–water partition coefficient (Wildman–Crippen LogP) is 1.34. The molecule has 112 valence electrons. The van der Waals surface area contributed by atoms with Gasteiger partial charge < -0.3 is 9.72 Å². The van der Waals surface area contributed by atoms with Crippen molar-refractivity contribution >= 4 is 0 Å². The molecule has 1 N–H and O–H groups in total. The summed E-state index contributed by atoms with van der Waals surface area (Å²) in [6.07, 6.45) is 6.35. The van der Waals surface area contributed by atoms with Gasteiger partial charge >= 0.3 is 0 Å². The monoisotopic (exact) mass is 278 g/mol. The van der Waals surface area contributed by atoms with Crippen LogP contribution in [0.3, 0.4) is 0 Å². The minimum atomic E-state index is 0.699. The first-order valence-corrected chi connectivity index (χ1v) is 7.85. The summed E-state index contributed by atoms with van der Waals surface area (Å²) in [7, 11) is 0. The highest BCUT2D eigenvalue weighted by atomic mass is 16.5. The van der Waals surface area contributed by atoms with Crippen LogP contribution in [0.15, 0.2) is 12.4 Å². The van der Waals surface area contributed by atoms with Crippen LogP contribution in [0.2, 0.25) is 0 Å². The summed E-state index contributed by atoms with van der Waals surface area (Å²) < 4.78 is 5.45. The van der Waals surface area contributed by atoms with Crippen molar-refractivity contribution in [3.8, 4) is 0 Å². The number of hydrogen-bond donors (Lipinski definition) is 1. The topological polar surface area (TPSA) is 44.4 Å². The summed E-state index contributed by atoms with van der Waals surface area (Å²) in [4.78, 5) is 12.6. The van der Waals surface area contributed by atoms with E-state index >= 15 is 0 Å². The van der Waals surface area contributed by atoms with Crippen molar-refractivity contribution in [3.63, 3.8) is 0 Å². The smallest absolute Gasteiger partial charge is 0.120 e. The minimum absolute atomic E-state index is 0.699. The van der Waals surface area contributed by atoms with Crippen molar-refractivity contribution in [1.29, 1.82) is 0 Å². The molecule has 0 aromatic carbocycles. The zero-order valence-corrected chi connectivity index (χ0v) is 12.4. The number of aromatic nitrogens is 2. The second-order valence-electron chi connectivity index (χ2n) is 6.04. The summed E-state index contributed by atoms with van der Waals surface area (Å²) in [5.41, 5.74) is 0. The summed E-state index contributed by atoms with van der Waals surface area (Å²) in [6.45, 7) is 9.77.